The molecule has 1 aliphatic rings. The molecule has 0 amide bonds. The van der Waals surface area contributed by atoms with Crippen molar-refractivity contribution in [1.82, 2.24) is 24.5 Å². The van der Waals surface area contributed by atoms with E-state index in [-0.39, 0.29) is 16.9 Å². The molecular formula is C30H23FN8O2. The lowest BCUT2D eigenvalue weighted by atomic mass is 9.98. The quantitative estimate of drug-likeness (QED) is 0.264. The third-order valence-corrected chi connectivity index (χ3v) is 6.90. The summed E-state index contributed by atoms with van der Waals surface area (Å²) in [6.07, 6.45) is 3.61. The summed E-state index contributed by atoms with van der Waals surface area (Å²) in [6.45, 7) is 12.3. The zero-order valence-electron chi connectivity index (χ0n) is 22.2. The van der Waals surface area contributed by atoms with Crippen molar-refractivity contribution in [1.29, 1.82) is 5.26 Å². The smallest absolute Gasteiger partial charge is 0.299 e. The van der Waals surface area contributed by atoms with Crippen LogP contribution in [0.15, 0.2) is 54.9 Å². The molecule has 6 rings (SSSR count). The Morgan fingerprint density at radius 3 is 2.80 bits per heavy atom. The van der Waals surface area contributed by atoms with Crippen molar-refractivity contribution in [2.75, 3.05) is 18.5 Å². The number of phenols is 1. The number of pyridine rings is 1. The molecule has 0 spiro atoms. The van der Waals surface area contributed by atoms with Gasteiger partial charge in [-0.3, -0.25) is 9.55 Å². The number of nitrogens with one attached hydrogen (secondary N) is 1. The van der Waals surface area contributed by atoms with Crippen LogP contribution in [-0.2, 0) is 12.0 Å². The van der Waals surface area contributed by atoms with E-state index in [1.54, 1.807) is 24.4 Å². The highest BCUT2D eigenvalue weighted by atomic mass is 19.1. The average Bonchev–Trinajstić information content (AvgIpc) is 3.51. The molecule has 5 aromatic rings. The Labute approximate surface area is 234 Å². The number of hydrogen-bond donors (Lipinski definition) is 2. The summed E-state index contributed by atoms with van der Waals surface area (Å²) in [4.78, 5) is 21.8. The van der Waals surface area contributed by atoms with Crippen molar-refractivity contribution >= 4 is 22.7 Å². The zero-order chi connectivity index (χ0) is 28.7. The fourth-order valence-corrected chi connectivity index (χ4v) is 4.83. The van der Waals surface area contributed by atoms with Crippen molar-refractivity contribution in [3.63, 3.8) is 0 Å². The monoisotopic (exact) mass is 546 g/mol. The third kappa shape index (κ3) is 4.64. The number of anilines is 1. The molecule has 3 aromatic heterocycles. The molecule has 41 heavy (non-hydrogen) atoms. The number of hydrogen-bond acceptors (Lipinski definition) is 8. The molecule has 0 saturated carbocycles. The van der Waals surface area contributed by atoms with Crippen molar-refractivity contribution in [2.24, 2.45) is 0 Å². The normalized spacial score (nSPS) is 13.3. The van der Waals surface area contributed by atoms with Gasteiger partial charge in [0.25, 0.3) is 6.01 Å². The van der Waals surface area contributed by atoms with Crippen LogP contribution in [0.25, 0.3) is 38.5 Å². The fourth-order valence-electron chi connectivity index (χ4n) is 4.83. The Hall–Kier alpha value is -5.55. The van der Waals surface area contributed by atoms with Crippen LogP contribution in [0.3, 0.4) is 0 Å². The molecule has 0 fully saturated rings. The van der Waals surface area contributed by atoms with Gasteiger partial charge in [0.05, 0.1) is 23.7 Å². The topological polar surface area (TPSA) is 126 Å². The zero-order valence-corrected chi connectivity index (χ0v) is 22.2. The molecule has 1 aliphatic heterocycles. The molecule has 0 bridgehead atoms. The number of rotatable bonds is 6. The van der Waals surface area contributed by atoms with Crippen molar-refractivity contribution < 1.29 is 14.2 Å². The first-order chi connectivity index (χ1) is 19.8. The molecular weight excluding hydrogens is 523 g/mol. The average molecular weight is 547 g/mol. The Kier molecular flexibility index (Phi) is 6.20. The van der Waals surface area contributed by atoms with Crippen molar-refractivity contribution in [2.45, 2.75) is 25.8 Å². The summed E-state index contributed by atoms with van der Waals surface area (Å²) < 4.78 is 22.4. The summed E-state index contributed by atoms with van der Waals surface area (Å²) in [6, 6.07) is 13.2. The van der Waals surface area contributed by atoms with Crippen LogP contribution >= 0.6 is 0 Å². The largest absolute Gasteiger partial charge is 0.507 e. The molecule has 0 aliphatic carbocycles. The van der Waals surface area contributed by atoms with Gasteiger partial charge in [-0.05, 0) is 62.2 Å². The van der Waals surface area contributed by atoms with E-state index in [0.29, 0.717) is 70.8 Å². The van der Waals surface area contributed by atoms with Crippen LogP contribution in [0.5, 0.6) is 11.8 Å². The van der Waals surface area contributed by atoms with E-state index in [9.17, 15) is 14.8 Å². The molecule has 202 valence electrons. The van der Waals surface area contributed by atoms with Crippen LogP contribution in [0.2, 0.25) is 0 Å². The Balaban J connectivity index is 1.34. The molecule has 0 atom stereocenters. The number of imidazole rings is 1. The second kappa shape index (κ2) is 9.88. The van der Waals surface area contributed by atoms with E-state index in [1.165, 1.54) is 30.5 Å². The van der Waals surface area contributed by atoms with Gasteiger partial charge in [-0.2, -0.15) is 10.2 Å². The first-order valence-electron chi connectivity index (χ1n) is 12.8. The second-order valence-electron chi connectivity index (χ2n) is 10.3. The van der Waals surface area contributed by atoms with Gasteiger partial charge in [0, 0.05) is 35.6 Å². The third-order valence-electron chi connectivity index (χ3n) is 6.90. The minimum absolute atomic E-state index is 0.0803. The number of halogens is 1. The van der Waals surface area contributed by atoms with E-state index in [0.717, 1.165) is 5.56 Å². The first kappa shape index (κ1) is 25.7. The van der Waals surface area contributed by atoms with Crippen LogP contribution in [0.1, 0.15) is 25.0 Å². The molecule has 0 saturated heterocycles. The van der Waals surface area contributed by atoms with Crippen LogP contribution in [0, 0.1) is 23.7 Å². The predicted molar refractivity (Wildman–Crippen MR) is 150 cm³/mol. The minimum atomic E-state index is -0.528. The number of aromatic hydroxyl groups is 1. The molecule has 4 heterocycles. The van der Waals surface area contributed by atoms with Gasteiger partial charge in [0.15, 0.2) is 22.8 Å². The minimum Gasteiger partial charge on any atom is -0.507 e. The van der Waals surface area contributed by atoms with Crippen molar-refractivity contribution in [3.8, 4) is 40.3 Å². The lowest BCUT2D eigenvalue weighted by Gasteiger charge is -2.18. The van der Waals surface area contributed by atoms with Gasteiger partial charge in [-0.1, -0.05) is 6.07 Å². The SMILES string of the molecule is [C-]#[N+]c1cncc(-c2nc(NCCc3ccc(O)c(-c4cc(C#N)ccc4F)c3)c3nc4n(c3n2)C(C)(C)CO4)c1. The van der Waals surface area contributed by atoms with Gasteiger partial charge in [-0.25, -0.2) is 19.2 Å². The summed E-state index contributed by atoms with van der Waals surface area (Å²) in [5, 5.41) is 23.0. The van der Waals surface area contributed by atoms with Gasteiger partial charge < -0.3 is 15.2 Å². The maximum absolute atomic E-state index is 14.6. The van der Waals surface area contributed by atoms with Gasteiger partial charge in [0.1, 0.15) is 18.2 Å². The number of benzene rings is 2. The number of nitrogens with zero attached hydrogens (tertiary/aromatic N) is 7. The molecule has 0 unspecified atom stereocenters. The van der Waals surface area contributed by atoms with Crippen LogP contribution < -0.4 is 10.1 Å². The molecule has 10 nitrogen and oxygen atoms in total. The highest BCUT2D eigenvalue weighted by molar-refractivity contribution is 5.87. The summed E-state index contributed by atoms with van der Waals surface area (Å²) >= 11 is 0. The van der Waals surface area contributed by atoms with Crippen LogP contribution in [0.4, 0.5) is 15.9 Å². The highest BCUT2D eigenvalue weighted by Gasteiger charge is 2.36. The number of ether oxygens (including phenoxy) is 1. The van der Waals surface area contributed by atoms with E-state index >= 15 is 0 Å². The highest BCUT2D eigenvalue weighted by Crippen LogP contribution is 2.37. The van der Waals surface area contributed by atoms with E-state index in [4.69, 9.17) is 21.3 Å². The molecule has 2 aromatic carbocycles. The van der Waals surface area contributed by atoms with E-state index in [1.807, 2.05) is 24.5 Å². The second-order valence-corrected chi connectivity index (χ2v) is 10.3. The van der Waals surface area contributed by atoms with E-state index in [2.05, 4.69) is 20.1 Å². The Morgan fingerprint density at radius 1 is 1.15 bits per heavy atom. The summed E-state index contributed by atoms with van der Waals surface area (Å²) in [5.74, 6) is 0.276. The Bertz CT molecular complexity index is 1920. The molecule has 2 N–H and O–H groups in total. The summed E-state index contributed by atoms with van der Waals surface area (Å²) in [5.41, 5.74) is 3.35. The number of aromatic nitrogens is 5. The first-order valence-corrected chi connectivity index (χ1v) is 12.8. The number of phenolic OH excluding ortho intramolecular Hbond substituents is 1. The number of fused-ring (bicyclic) bond motifs is 3. The molecule has 0 radical (unpaired) electrons. The van der Waals surface area contributed by atoms with Crippen molar-refractivity contribution in [3.05, 3.63) is 83.2 Å². The lowest BCUT2D eigenvalue weighted by molar-refractivity contribution is 0.268. The van der Waals surface area contributed by atoms with Gasteiger partial charge >= 0.3 is 0 Å². The van der Waals surface area contributed by atoms with E-state index < -0.39 is 5.82 Å². The lowest BCUT2D eigenvalue weighted by Crippen LogP contribution is -2.25. The standard InChI is InChI=1S/C30H23FN8O2/c1-30(2)16-41-29-36-25-27(37-26(38-28(25)39(29)30)19-12-20(33-3)15-34-14-19)35-9-8-17-5-7-24(40)22(10-17)21-11-18(13-32)4-6-23(21)31/h4-7,10-12,14-15,40H,8-9,16H2,1-2H3,(H,35,37,38). The Morgan fingerprint density at radius 2 is 2.00 bits per heavy atom. The summed E-state index contributed by atoms with van der Waals surface area (Å²) in [7, 11) is 0. The van der Waals surface area contributed by atoms with Gasteiger partial charge in [-0.15, -0.1) is 0 Å². The molecule has 11 heteroatoms. The maximum atomic E-state index is 14.6. The van der Waals surface area contributed by atoms with Crippen LogP contribution in [-0.4, -0.2) is 42.8 Å². The fraction of sp³-hybridized carbons (Fsp3) is 0.200. The van der Waals surface area contributed by atoms with Gasteiger partial charge in [0.2, 0.25) is 5.69 Å². The maximum Gasteiger partial charge on any atom is 0.299 e. The predicted octanol–water partition coefficient (Wildman–Crippen LogP) is 5.60. The number of nitriles is 1.